The fraction of sp³-hybridized carbons (Fsp3) is 0.913. The maximum atomic E-state index is 12.1. The van der Waals surface area contributed by atoms with E-state index in [1.165, 1.54) is 57.8 Å². The molecule has 9 nitrogen and oxygen atoms in total. The van der Waals surface area contributed by atoms with Crippen LogP contribution in [0.4, 0.5) is 0 Å². The first-order valence-electron chi connectivity index (χ1n) is 12.5. The number of unbranched alkanes of at least 4 members (excludes halogenated alkanes) is 11. The maximum absolute atomic E-state index is 12.1. The van der Waals surface area contributed by atoms with Gasteiger partial charge in [0.1, 0.15) is 6.61 Å². The van der Waals surface area contributed by atoms with Crippen molar-refractivity contribution in [1.82, 2.24) is 0 Å². The average molecular weight is 496 g/mol. The molecule has 0 aliphatic rings. The van der Waals surface area contributed by atoms with Gasteiger partial charge in [0.05, 0.1) is 13.2 Å². The van der Waals surface area contributed by atoms with Crippen LogP contribution in [0.5, 0.6) is 0 Å². The lowest BCUT2D eigenvalue weighted by molar-refractivity contribution is -0.161. The fourth-order valence-electron chi connectivity index (χ4n) is 3.14. The van der Waals surface area contributed by atoms with Crippen LogP contribution in [0.1, 0.15) is 104 Å². The summed E-state index contributed by atoms with van der Waals surface area (Å²) in [5, 5.41) is 0. The normalized spacial score (nSPS) is 13.9. The minimum absolute atomic E-state index is 0.0550. The summed E-state index contributed by atoms with van der Waals surface area (Å²) in [4.78, 5) is 33.1. The Balaban J connectivity index is 4.06. The van der Waals surface area contributed by atoms with Crippen molar-refractivity contribution in [2.24, 2.45) is 5.73 Å². The highest BCUT2D eigenvalue weighted by Crippen LogP contribution is 2.43. The molecule has 33 heavy (non-hydrogen) atoms. The highest BCUT2D eigenvalue weighted by atomic mass is 31.2. The summed E-state index contributed by atoms with van der Waals surface area (Å²) in [5.74, 6) is -0.928. The van der Waals surface area contributed by atoms with Crippen molar-refractivity contribution >= 4 is 19.8 Å². The van der Waals surface area contributed by atoms with Crippen molar-refractivity contribution in [3.8, 4) is 0 Å². The van der Waals surface area contributed by atoms with Gasteiger partial charge < -0.3 is 20.1 Å². The van der Waals surface area contributed by atoms with Crippen LogP contribution in [-0.4, -0.2) is 49.3 Å². The lowest BCUT2D eigenvalue weighted by atomic mass is 10.0. The van der Waals surface area contributed by atoms with Gasteiger partial charge in [-0.05, 0) is 6.42 Å². The molecule has 2 atom stereocenters. The van der Waals surface area contributed by atoms with E-state index in [0.717, 1.165) is 12.8 Å². The predicted octanol–water partition coefficient (Wildman–Crippen LogP) is 5.03. The summed E-state index contributed by atoms with van der Waals surface area (Å²) in [5.41, 5.74) is 5.23. The Morgan fingerprint density at radius 2 is 1.36 bits per heavy atom. The van der Waals surface area contributed by atoms with E-state index in [1.54, 1.807) is 6.92 Å². The molecule has 1 unspecified atom stereocenters. The highest BCUT2D eigenvalue weighted by Gasteiger charge is 2.25. The number of nitrogens with two attached hydrogens (primary N) is 1. The van der Waals surface area contributed by atoms with Gasteiger partial charge in [0.15, 0.2) is 6.10 Å². The summed E-state index contributed by atoms with van der Waals surface area (Å²) in [7, 11) is -4.32. The zero-order valence-corrected chi connectivity index (χ0v) is 21.5. The molecule has 0 saturated heterocycles. The summed E-state index contributed by atoms with van der Waals surface area (Å²) in [6, 6.07) is 0. The molecule has 0 aromatic carbocycles. The lowest BCUT2D eigenvalue weighted by Gasteiger charge is -2.19. The number of rotatable bonds is 23. The zero-order valence-electron chi connectivity index (χ0n) is 20.6. The van der Waals surface area contributed by atoms with Crippen molar-refractivity contribution in [2.75, 3.05) is 26.4 Å². The van der Waals surface area contributed by atoms with Crippen LogP contribution in [0.15, 0.2) is 0 Å². The quantitative estimate of drug-likeness (QED) is 0.114. The summed E-state index contributed by atoms with van der Waals surface area (Å²) >= 11 is 0. The van der Waals surface area contributed by atoms with Gasteiger partial charge in [-0.3, -0.25) is 18.6 Å². The van der Waals surface area contributed by atoms with Crippen LogP contribution in [-0.2, 0) is 32.7 Å². The Morgan fingerprint density at radius 1 is 0.818 bits per heavy atom. The third-order valence-electron chi connectivity index (χ3n) is 5.05. The molecule has 0 amide bonds. The maximum Gasteiger partial charge on any atom is 0.472 e. The topological polar surface area (TPSA) is 134 Å². The largest absolute Gasteiger partial charge is 0.472 e. The van der Waals surface area contributed by atoms with Crippen molar-refractivity contribution in [2.45, 2.75) is 110 Å². The van der Waals surface area contributed by atoms with E-state index in [-0.39, 0.29) is 32.6 Å². The van der Waals surface area contributed by atoms with E-state index in [0.29, 0.717) is 6.42 Å². The van der Waals surface area contributed by atoms with Crippen LogP contribution in [0, 0.1) is 0 Å². The molecule has 0 rings (SSSR count). The number of phosphoric acid groups is 1. The lowest BCUT2D eigenvalue weighted by Crippen LogP contribution is -2.29. The molecule has 0 fully saturated rings. The van der Waals surface area contributed by atoms with Crippen molar-refractivity contribution in [1.29, 1.82) is 0 Å². The van der Waals surface area contributed by atoms with Gasteiger partial charge in [-0.1, -0.05) is 84.5 Å². The van der Waals surface area contributed by atoms with Gasteiger partial charge in [-0.15, -0.1) is 0 Å². The Morgan fingerprint density at radius 3 is 1.88 bits per heavy atom. The zero-order chi connectivity index (χ0) is 24.8. The van der Waals surface area contributed by atoms with E-state index >= 15 is 0 Å². The third kappa shape index (κ3) is 21.3. The number of ether oxygens (including phenoxy) is 2. The van der Waals surface area contributed by atoms with Gasteiger partial charge in [-0.25, -0.2) is 4.57 Å². The molecule has 0 bridgehead atoms. The number of hydrogen-bond donors (Lipinski definition) is 2. The number of hydrogen-bond acceptors (Lipinski definition) is 8. The second kappa shape index (κ2) is 21.5. The van der Waals surface area contributed by atoms with E-state index in [4.69, 9.17) is 19.7 Å². The number of carbonyl (C=O) groups excluding carboxylic acids is 2. The van der Waals surface area contributed by atoms with Crippen molar-refractivity contribution < 1.29 is 37.6 Å². The van der Waals surface area contributed by atoms with Crippen LogP contribution >= 0.6 is 7.82 Å². The van der Waals surface area contributed by atoms with Crippen LogP contribution < -0.4 is 5.73 Å². The molecule has 0 aliphatic carbocycles. The molecule has 0 aromatic heterocycles. The standard InChI is InChI=1S/C23H46NO8P/c1-3-5-6-7-8-9-10-11-12-13-14-15-16-23(26)32-21(19-29-22(25)4-2)20-31-33(27,28)30-18-17-24/h21H,3-20,24H2,1-2H3,(H,27,28)/t21-/m1/s1. The minimum Gasteiger partial charge on any atom is -0.462 e. The predicted molar refractivity (Wildman–Crippen MR) is 128 cm³/mol. The number of esters is 2. The molecule has 0 radical (unpaired) electrons. The molecule has 0 aliphatic heterocycles. The Hall–Kier alpha value is -0.990. The van der Waals surface area contributed by atoms with E-state index in [1.807, 2.05) is 0 Å². The minimum atomic E-state index is -4.32. The molecule has 0 heterocycles. The van der Waals surface area contributed by atoms with Gasteiger partial charge in [-0.2, -0.15) is 0 Å². The first kappa shape index (κ1) is 32.0. The van der Waals surface area contributed by atoms with Gasteiger partial charge >= 0.3 is 19.8 Å². The van der Waals surface area contributed by atoms with E-state index in [2.05, 4.69) is 11.4 Å². The second-order valence-corrected chi connectivity index (χ2v) is 9.63. The van der Waals surface area contributed by atoms with Gasteiger partial charge in [0.2, 0.25) is 0 Å². The number of carbonyl (C=O) groups is 2. The number of phosphoric ester groups is 1. The van der Waals surface area contributed by atoms with Crippen molar-refractivity contribution in [3.05, 3.63) is 0 Å². The molecular formula is C23H46NO8P. The smallest absolute Gasteiger partial charge is 0.462 e. The first-order valence-corrected chi connectivity index (χ1v) is 14.0. The van der Waals surface area contributed by atoms with Crippen LogP contribution in [0.25, 0.3) is 0 Å². The first-order chi connectivity index (χ1) is 15.8. The van der Waals surface area contributed by atoms with E-state index < -0.39 is 32.5 Å². The Labute approximate surface area is 199 Å². The second-order valence-electron chi connectivity index (χ2n) is 8.17. The monoisotopic (exact) mass is 495 g/mol. The molecule has 0 saturated carbocycles. The molecular weight excluding hydrogens is 449 g/mol. The molecule has 10 heteroatoms. The average Bonchev–Trinajstić information content (AvgIpc) is 2.80. The molecule has 196 valence electrons. The van der Waals surface area contributed by atoms with E-state index in [9.17, 15) is 19.0 Å². The van der Waals surface area contributed by atoms with Gasteiger partial charge in [0, 0.05) is 19.4 Å². The summed E-state index contributed by atoms with van der Waals surface area (Å²) in [6.07, 6.45) is 13.7. The SMILES string of the molecule is CCCCCCCCCCCCCCC(=O)O[C@H](COC(=O)CC)COP(=O)(O)OCCN. The van der Waals surface area contributed by atoms with Gasteiger partial charge in [0.25, 0.3) is 0 Å². The summed E-state index contributed by atoms with van der Waals surface area (Å²) in [6.45, 7) is 3.08. The highest BCUT2D eigenvalue weighted by molar-refractivity contribution is 7.47. The molecule has 0 aromatic rings. The van der Waals surface area contributed by atoms with Crippen LogP contribution in [0.2, 0.25) is 0 Å². The Kier molecular flexibility index (Phi) is 20.9. The third-order valence-corrected chi connectivity index (χ3v) is 6.03. The van der Waals surface area contributed by atoms with Crippen molar-refractivity contribution in [3.63, 3.8) is 0 Å². The summed E-state index contributed by atoms with van der Waals surface area (Å²) < 4.78 is 31.5. The molecule has 3 N–H and O–H groups in total. The fourth-order valence-corrected chi connectivity index (χ4v) is 3.91. The van der Waals surface area contributed by atoms with Crippen LogP contribution in [0.3, 0.4) is 0 Å². The molecule has 0 spiro atoms. The Bertz CT molecular complexity index is 547.